The molecule has 5 heteroatoms. The number of rotatable bonds is 4. The molecule has 1 N–H and O–H groups in total. The van der Waals surface area contributed by atoms with Gasteiger partial charge >= 0.3 is 6.18 Å². The molecular formula is C16H15BrF3N. The van der Waals surface area contributed by atoms with Gasteiger partial charge in [-0.25, -0.2) is 0 Å². The minimum absolute atomic E-state index is 0.128. The van der Waals surface area contributed by atoms with Gasteiger partial charge in [0.2, 0.25) is 0 Å². The smallest absolute Gasteiger partial charge is 0.382 e. The van der Waals surface area contributed by atoms with Gasteiger partial charge < -0.3 is 5.32 Å². The van der Waals surface area contributed by atoms with E-state index in [9.17, 15) is 13.2 Å². The molecule has 0 radical (unpaired) electrons. The van der Waals surface area contributed by atoms with E-state index >= 15 is 0 Å². The van der Waals surface area contributed by atoms with E-state index in [0.29, 0.717) is 5.69 Å². The molecule has 0 heterocycles. The highest BCUT2D eigenvalue weighted by Crippen LogP contribution is 2.30. The van der Waals surface area contributed by atoms with E-state index in [-0.39, 0.29) is 6.04 Å². The van der Waals surface area contributed by atoms with Crippen LogP contribution in [0, 0.1) is 0 Å². The Morgan fingerprint density at radius 3 is 2.10 bits per heavy atom. The Balaban J connectivity index is 1.96. The number of alkyl halides is 3. The maximum absolute atomic E-state index is 12.5. The van der Waals surface area contributed by atoms with Crippen molar-refractivity contribution in [1.29, 1.82) is 0 Å². The highest BCUT2D eigenvalue weighted by molar-refractivity contribution is 9.10. The Kier molecular flexibility index (Phi) is 4.93. The first-order valence-corrected chi connectivity index (χ1v) is 7.32. The topological polar surface area (TPSA) is 12.0 Å². The molecule has 0 aliphatic rings. The molecule has 0 aliphatic carbocycles. The zero-order chi connectivity index (χ0) is 15.5. The van der Waals surface area contributed by atoms with Gasteiger partial charge in [-0.1, -0.05) is 28.1 Å². The summed E-state index contributed by atoms with van der Waals surface area (Å²) >= 11 is 3.38. The minimum Gasteiger partial charge on any atom is -0.382 e. The summed E-state index contributed by atoms with van der Waals surface area (Å²) in [4.78, 5) is 0. The van der Waals surface area contributed by atoms with Crippen molar-refractivity contribution in [1.82, 2.24) is 0 Å². The Hall–Kier alpha value is -1.49. The van der Waals surface area contributed by atoms with Crippen LogP contribution in [0.1, 0.15) is 18.1 Å². The predicted molar refractivity (Wildman–Crippen MR) is 82.4 cm³/mol. The number of hydrogen-bond donors (Lipinski definition) is 1. The zero-order valence-electron chi connectivity index (χ0n) is 11.4. The second kappa shape index (κ2) is 6.52. The van der Waals surface area contributed by atoms with Gasteiger partial charge in [-0.3, -0.25) is 0 Å². The average molecular weight is 358 g/mol. The van der Waals surface area contributed by atoms with Crippen molar-refractivity contribution in [2.24, 2.45) is 0 Å². The van der Waals surface area contributed by atoms with Crippen molar-refractivity contribution in [2.45, 2.75) is 25.6 Å². The summed E-state index contributed by atoms with van der Waals surface area (Å²) in [7, 11) is 0. The van der Waals surface area contributed by atoms with E-state index in [4.69, 9.17) is 0 Å². The van der Waals surface area contributed by atoms with Crippen LogP contribution in [-0.2, 0) is 12.6 Å². The lowest BCUT2D eigenvalue weighted by Crippen LogP contribution is -2.18. The second-order valence-corrected chi connectivity index (χ2v) is 5.87. The Labute approximate surface area is 130 Å². The van der Waals surface area contributed by atoms with Gasteiger partial charge in [0, 0.05) is 16.2 Å². The van der Waals surface area contributed by atoms with E-state index in [1.54, 1.807) is 0 Å². The van der Waals surface area contributed by atoms with Crippen molar-refractivity contribution in [3.05, 3.63) is 64.1 Å². The van der Waals surface area contributed by atoms with Crippen LogP contribution in [0.3, 0.4) is 0 Å². The molecular weight excluding hydrogens is 343 g/mol. The van der Waals surface area contributed by atoms with Gasteiger partial charge in [0.1, 0.15) is 0 Å². The van der Waals surface area contributed by atoms with E-state index in [1.807, 2.05) is 31.2 Å². The molecule has 1 atom stereocenters. The van der Waals surface area contributed by atoms with Gasteiger partial charge in [-0.05, 0) is 55.3 Å². The minimum atomic E-state index is -4.29. The van der Waals surface area contributed by atoms with E-state index < -0.39 is 11.7 Å². The maximum Gasteiger partial charge on any atom is 0.416 e. The molecule has 0 bridgehead atoms. The monoisotopic (exact) mass is 357 g/mol. The van der Waals surface area contributed by atoms with Gasteiger partial charge in [-0.2, -0.15) is 13.2 Å². The lowest BCUT2D eigenvalue weighted by molar-refractivity contribution is -0.137. The van der Waals surface area contributed by atoms with Gasteiger partial charge in [0.25, 0.3) is 0 Å². The fraction of sp³-hybridized carbons (Fsp3) is 0.250. The summed E-state index contributed by atoms with van der Waals surface area (Å²) in [6.07, 6.45) is -3.49. The molecule has 21 heavy (non-hydrogen) atoms. The number of nitrogens with one attached hydrogen (secondary N) is 1. The van der Waals surface area contributed by atoms with Crippen molar-refractivity contribution in [3.8, 4) is 0 Å². The molecule has 0 saturated carbocycles. The van der Waals surface area contributed by atoms with Gasteiger partial charge in [-0.15, -0.1) is 0 Å². The standard InChI is InChI=1S/C16H15BrF3N/c1-11(10-12-2-6-14(17)7-3-12)21-15-8-4-13(5-9-15)16(18,19)20/h2-9,11,21H,10H2,1H3. The zero-order valence-corrected chi connectivity index (χ0v) is 13.0. The van der Waals surface area contributed by atoms with Gasteiger partial charge in [0.15, 0.2) is 0 Å². The quantitative estimate of drug-likeness (QED) is 0.760. The molecule has 112 valence electrons. The molecule has 1 unspecified atom stereocenters. The fourth-order valence-electron chi connectivity index (χ4n) is 2.07. The fourth-order valence-corrected chi connectivity index (χ4v) is 2.33. The number of benzene rings is 2. The third-order valence-corrected chi connectivity index (χ3v) is 3.61. The van der Waals surface area contributed by atoms with Crippen molar-refractivity contribution < 1.29 is 13.2 Å². The average Bonchev–Trinajstić information content (AvgIpc) is 2.41. The molecule has 1 nitrogen and oxygen atoms in total. The lowest BCUT2D eigenvalue weighted by Gasteiger charge is -2.16. The lowest BCUT2D eigenvalue weighted by atomic mass is 10.1. The first-order chi connectivity index (χ1) is 9.84. The summed E-state index contributed by atoms with van der Waals surface area (Å²) in [6.45, 7) is 2.00. The summed E-state index contributed by atoms with van der Waals surface area (Å²) < 4.78 is 38.5. The Morgan fingerprint density at radius 1 is 1.00 bits per heavy atom. The molecule has 2 rings (SSSR count). The molecule has 0 aliphatic heterocycles. The Bertz CT molecular complexity index is 576. The largest absolute Gasteiger partial charge is 0.416 e. The van der Waals surface area contributed by atoms with E-state index in [0.717, 1.165) is 23.0 Å². The highest BCUT2D eigenvalue weighted by Gasteiger charge is 2.29. The number of halogens is 4. The van der Waals surface area contributed by atoms with Gasteiger partial charge in [0.05, 0.1) is 5.56 Å². The van der Waals surface area contributed by atoms with Crippen LogP contribution in [0.15, 0.2) is 53.0 Å². The van der Waals surface area contributed by atoms with Crippen molar-refractivity contribution in [3.63, 3.8) is 0 Å². The summed E-state index contributed by atoms with van der Waals surface area (Å²) in [6, 6.07) is 13.2. The first-order valence-electron chi connectivity index (χ1n) is 6.53. The van der Waals surface area contributed by atoms with Crippen molar-refractivity contribution >= 4 is 21.6 Å². The number of hydrogen-bond acceptors (Lipinski definition) is 1. The van der Waals surface area contributed by atoms with E-state index in [2.05, 4.69) is 21.2 Å². The van der Waals surface area contributed by atoms with Crippen LogP contribution in [0.25, 0.3) is 0 Å². The second-order valence-electron chi connectivity index (χ2n) is 4.95. The Morgan fingerprint density at radius 2 is 1.57 bits per heavy atom. The molecule has 2 aromatic rings. The summed E-state index contributed by atoms with van der Waals surface area (Å²) in [5.74, 6) is 0. The predicted octanol–water partition coefficient (Wildman–Crippen LogP) is 5.51. The van der Waals surface area contributed by atoms with Crippen LogP contribution in [0.2, 0.25) is 0 Å². The summed E-state index contributed by atoms with van der Waals surface area (Å²) in [5.41, 5.74) is 1.23. The third kappa shape index (κ3) is 4.77. The third-order valence-electron chi connectivity index (χ3n) is 3.08. The normalized spacial score (nSPS) is 13.0. The molecule has 0 aromatic heterocycles. The van der Waals surface area contributed by atoms with Crippen LogP contribution in [0.4, 0.5) is 18.9 Å². The van der Waals surface area contributed by atoms with Crippen LogP contribution in [-0.4, -0.2) is 6.04 Å². The first kappa shape index (κ1) is 15.9. The molecule has 2 aromatic carbocycles. The SMILES string of the molecule is CC(Cc1ccc(Br)cc1)Nc1ccc(C(F)(F)F)cc1. The van der Waals surface area contributed by atoms with Crippen LogP contribution in [0.5, 0.6) is 0 Å². The maximum atomic E-state index is 12.5. The highest BCUT2D eigenvalue weighted by atomic mass is 79.9. The summed E-state index contributed by atoms with van der Waals surface area (Å²) in [5, 5.41) is 3.20. The molecule has 0 saturated heterocycles. The molecule has 0 spiro atoms. The van der Waals surface area contributed by atoms with Crippen LogP contribution < -0.4 is 5.32 Å². The van der Waals surface area contributed by atoms with Crippen molar-refractivity contribution in [2.75, 3.05) is 5.32 Å². The number of anilines is 1. The van der Waals surface area contributed by atoms with Crippen LogP contribution >= 0.6 is 15.9 Å². The molecule has 0 amide bonds. The van der Waals surface area contributed by atoms with E-state index in [1.165, 1.54) is 17.7 Å². The molecule has 0 fully saturated rings.